The van der Waals surface area contributed by atoms with Crippen molar-refractivity contribution in [2.45, 2.75) is 38.5 Å². The van der Waals surface area contributed by atoms with Gasteiger partial charge >= 0.3 is 0 Å². The Morgan fingerprint density at radius 3 is 1.97 bits per heavy atom. The number of nitrogens with zero attached hydrogens (tertiary/aromatic N) is 5. The van der Waals surface area contributed by atoms with Gasteiger partial charge in [0.1, 0.15) is 5.75 Å². The zero-order chi connectivity index (χ0) is 22.9. The van der Waals surface area contributed by atoms with Crippen LogP contribution in [-0.2, 0) is 10.0 Å². The number of sulfonamides is 1. The number of benzene rings is 1. The molecular weight excluding hydrogens is 426 g/mol. The maximum atomic E-state index is 13.3. The minimum atomic E-state index is -3.56. The molecule has 0 bridgehead atoms. The van der Waals surface area contributed by atoms with Crippen LogP contribution >= 0.6 is 0 Å². The lowest BCUT2D eigenvalue weighted by atomic mass is 9.99. The molecule has 0 N–H and O–H groups in total. The normalized spacial score (nSPS) is 18.8. The minimum Gasteiger partial charge on any atom is -0.496 e. The molecule has 1 aromatic heterocycles. The van der Waals surface area contributed by atoms with Crippen molar-refractivity contribution in [1.82, 2.24) is 14.5 Å². The molecule has 8 nitrogen and oxygen atoms in total. The summed E-state index contributed by atoms with van der Waals surface area (Å²) in [4.78, 5) is 4.75. The predicted molar refractivity (Wildman–Crippen MR) is 126 cm³/mol. The van der Waals surface area contributed by atoms with Crippen molar-refractivity contribution in [3.8, 4) is 5.75 Å². The van der Waals surface area contributed by atoms with Crippen LogP contribution in [0.4, 0.5) is 11.6 Å². The fraction of sp³-hybridized carbons (Fsp3) is 0.565. The van der Waals surface area contributed by atoms with Gasteiger partial charge in [-0.2, -0.15) is 4.31 Å². The first kappa shape index (κ1) is 22.8. The van der Waals surface area contributed by atoms with Crippen molar-refractivity contribution in [3.05, 3.63) is 35.4 Å². The SMILES string of the molecule is COc1cc(C)c(S(=O)(=O)N2CCN(c3ccc(N4CCC(C)CC4)nn3)CC2)cc1C. The van der Waals surface area contributed by atoms with Crippen LogP contribution in [0.15, 0.2) is 29.2 Å². The van der Waals surface area contributed by atoms with E-state index in [1.54, 1.807) is 23.5 Å². The lowest BCUT2D eigenvalue weighted by molar-refractivity contribution is 0.382. The Balaban J connectivity index is 1.41. The van der Waals surface area contributed by atoms with E-state index < -0.39 is 10.0 Å². The summed E-state index contributed by atoms with van der Waals surface area (Å²) in [6.45, 7) is 10.0. The Morgan fingerprint density at radius 2 is 1.44 bits per heavy atom. The number of piperidine rings is 1. The minimum absolute atomic E-state index is 0.351. The number of ether oxygens (including phenoxy) is 1. The van der Waals surface area contributed by atoms with E-state index >= 15 is 0 Å². The third kappa shape index (κ3) is 4.54. The average molecular weight is 460 g/mol. The van der Waals surface area contributed by atoms with E-state index in [2.05, 4.69) is 26.9 Å². The first-order valence-corrected chi connectivity index (χ1v) is 12.7. The van der Waals surface area contributed by atoms with Crippen molar-refractivity contribution in [2.75, 3.05) is 56.2 Å². The fourth-order valence-corrected chi connectivity index (χ4v) is 6.16. The molecule has 32 heavy (non-hydrogen) atoms. The molecule has 0 amide bonds. The summed E-state index contributed by atoms with van der Waals surface area (Å²) in [5.41, 5.74) is 1.51. The second-order valence-corrected chi connectivity index (χ2v) is 10.8. The van der Waals surface area contributed by atoms with E-state index in [0.717, 1.165) is 36.2 Å². The number of aryl methyl sites for hydroxylation is 2. The molecule has 1 aromatic carbocycles. The van der Waals surface area contributed by atoms with E-state index in [4.69, 9.17) is 4.74 Å². The Hall–Kier alpha value is -2.39. The number of rotatable bonds is 5. The number of hydrogen-bond acceptors (Lipinski definition) is 7. The van der Waals surface area contributed by atoms with Crippen molar-refractivity contribution < 1.29 is 13.2 Å². The van der Waals surface area contributed by atoms with Crippen LogP contribution in [0.25, 0.3) is 0 Å². The lowest BCUT2D eigenvalue weighted by Gasteiger charge is -2.35. The molecule has 2 aromatic rings. The number of piperazine rings is 1. The number of methoxy groups -OCH3 is 1. The Kier molecular flexibility index (Phi) is 6.57. The zero-order valence-corrected chi connectivity index (χ0v) is 20.2. The smallest absolute Gasteiger partial charge is 0.243 e. The largest absolute Gasteiger partial charge is 0.496 e. The van der Waals surface area contributed by atoms with Gasteiger partial charge in [-0.15, -0.1) is 10.2 Å². The molecule has 2 aliphatic heterocycles. The Morgan fingerprint density at radius 1 is 0.875 bits per heavy atom. The highest BCUT2D eigenvalue weighted by molar-refractivity contribution is 7.89. The molecule has 4 rings (SSSR count). The van der Waals surface area contributed by atoms with Gasteiger partial charge in [0.2, 0.25) is 10.0 Å². The summed E-state index contributed by atoms with van der Waals surface area (Å²) < 4.78 is 33.4. The van der Waals surface area contributed by atoms with Gasteiger partial charge in [-0.3, -0.25) is 0 Å². The fourth-order valence-electron chi connectivity index (χ4n) is 4.45. The lowest BCUT2D eigenvalue weighted by Crippen LogP contribution is -2.49. The monoisotopic (exact) mass is 459 g/mol. The van der Waals surface area contributed by atoms with Crippen LogP contribution in [-0.4, -0.2) is 69.3 Å². The van der Waals surface area contributed by atoms with Crippen LogP contribution in [0.5, 0.6) is 5.75 Å². The van der Waals surface area contributed by atoms with Crippen LogP contribution < -0.4 is 14.5 Å². The Labute approximate surface area is 191 Å². The predicted octanol–water partition coefficient (Wildman–Crippen LogP) is 2.85. The van der Waals surface area contributed by atoms with Crippen LogP contribution in [0.1, 0.15) is 30.9 Å². The van der Waals surface area contributed by atoms with E-state index in [9.17, 15) is 8.42 Å². The average Bonchev–Trinajstić information content (AvgIpc) is 2.81. The van der Waals surface area contributed by atoms with Crippen molar-refractivity contribution in [2.24, 2.45) is 5.92 Å². The second-order valence-electron chi connectivity index (χ2n) is 8.90. The molecule has 0 aliphatic carbocycles. The number of anilines is 2. The van der Waals surface area contributed by atoms with Gasteiger partial charge in [-0.1, -0.05) is 6.92 Å². The van der Waals surface area contributed by atoms with Gasteiger partial charge in [0.05, 0.1) is 12.0 Å². The summed E-state index contributed by atoms with van der Waals surface area (Å²) >= 11 is 0. The van der Waals surface area contributed by atoms with Crippen LogP contribution in [0.3, 0.4) is 0 Å². The van der Waals surface area contributed by atoms with Crippen LogP contribution in [0, 0.1) is 19.8 Å². The quantitative estimate of drug-likeness (QED) is 0.680. The van der Waals surface area contributed by atoms with E-state index in [1.165, 1.54) is 12.8 Å². The molecular formula is C23H33N5O3S. The Bertz CT molecular complexity index is 1040. The molecule has 3 heterocycles. The third-order valence-corrected chi connectivity index (χ3v) is 8.66. The van der Waals surface area contributed by atoms with Gasteiger partial charge in [0.15, 0.2) is 11.6 Å². The van der Waals surface area contributed by atoms with Crippen molar-refractivity contribution in [3.63, 3.8) is 0 Å². The van der Waals surface area contributed by atoms with Crippen molar-refractivity contribution in [1.29, 1.82) is 0 Å². The second kappa shape index (κ2) is 9.23. The highest BCUT2D eigenvalue weighted by Gasteiger charge is 2.31. The molecule has 2 saturated heterocycles. The summed E-state index contributed by atoms with van der Waals surface area (Å²) in [6, 6.07) is 7.53. The maximum Gasteiger partial charge on any atom is 0.243 e. The van der Waals surface area contributed by atoms with Gasteiger partial charge in [-0.25, -0.2) is 8.42 Å². The first-order chi connectivity index (χ1) is 15.3. The molecule has 174 valence electrons. The van der Waals surface area contributed by atoms with Gasteiger partial charge in [-0.05, 0) is 68.0 Å². The molecule has 0 radical (unpaired) electrons. The summed E-state index contributed by atoms with van der Waals surface area (Å²) in [5.74, 6) is 3.20. The third-order valence-electron chi connectivity index (χ3n) is 6.62. The summed E-state index contributed by atoms with van der Waals surface area (Å²) in [7, 11) is -1.97. The van der Waals surface area contributed by atoms with E-state index in [1.807, 2.05) is 26.0 Å². The topological polar surface area (TPSA) is 78.9 Å². The molecule has 9 heteroatoms. The highest BCUT2D eigenvalue weighted by atomic mass is 32.2. The van der Waals surface area contributed by atoms with Crippen molar-refractivity contribution >= 4 is 21.7 Å². The van der Waals surface area contributed by atoms with Gasteiger partial charge in [0.25, 0.3) is 0 Å². The van der Waals surface area contributed by atoms with Crippen LogP contribution in [0.2, 0.25) is 0 Å². The van der Waals surface area contributed by atoms with Gasteiger partial charge in [0, 0.05) is 39.3 Å². The first-order valence-electron chi connectivity index (χ1n) is 11.3. The molecule has 0 saturated carbocycles. The maximum absolute atomic E-state index is 13.3. The van der Waals surface area contributed by atoms with E-state index in [-0.39, 0.29) is 0 Å². The number of hydrogen-bond donors (Lipinski definition) is 0. The molecule has 0 atom stereocenters. The van der Waals surface area contributed by atoms with Gasteiger partial charge < -0.3 is 14.5 Å². The number of aromatic nitrogens is 2. The standard InChI is InChI=1S/C23H33N5O3S/c1-17-7-9-26(10-8-17)22-5-6-23(25-24-22)27-11-13-28(14-12-27)32(29,30)21-16-18(2)20(31-4)15-19(21)3/h5-6,15-17H,7-14H2,1-4H3. The molecule has 2 fully saturated rings. The zero-order valence-electron chi connectivity index (χ0n) is 19.4. The molecule has 0 spiro atoms. The van der Waals surface area contributed by atoms with E-state index in [0.29, 0.717) is 42.4 Å². The molecule has 2 aliphatic rings. The summed E-state index contributed by atoms with van der Waals surface area (Å²) in [5, 5.41) is 8.89. The molecule has 0 unspecified atom stereocenters. The summed E-state index contributed by atoms with van der Waals surface area (Å²) in [6.07, 6.45) is 2.38. The highest BCUT2D eigenvalue weighted by Crippen LogP contribution is 2.29.